The number of aryl methyl sites for hydroxylation is 1. The molecule has 0 bridgehead atoms. The molecule has 1 aromatic carbocycles. The highest BCUT2D eigenvalue weighted by Crippen LogP contribution is 2.28. The summed E-state index contributed by atoms with van der Waals surface area (Å²) in [4.78, 5) is 0. The first kappa shape index (κ1) is 14.2. The van der Waals surface area contributed by atoms with E-state index in [1.165, 1.54) is 43.4 Å². The van der Waals surface area contributed by atoms with Crippen LogP contribution in [0.1, 0.15) is 56.3 Å². The van der Waals surface area contributed by atoms with Crippen molar-refractivity contribution in [1.29, 1.82) is 0 Å². The van der Waals surface area contributed by atoms with Gasteiger partial charge in [-0.25, -0.2) is 0 Å². The van der Waals surface area contributed by atoms with Gasteiger partial charge < -0.3 is 5.32 Å². The zero-order valence-electron chi connectivity index (χ0n) is 12.9. The summed E-state index contributed by atoms with van der Waals surface area (Å²) in [5.41, 5.74) is 3.78. The van der Waals surface area contributed by atoms with E-state index in [9.17, 15) is 0 Å². The van der Waals surface area contributed by atoms with Gasteiger partial charge in [0.15, 0.2) is 0 Å². The minimum atomic E-state index is 0.631. The Morgan fingerprint density at radius 1 is 1.19 bits per heavy atom. The zero-order chi connectivity index (χ0) is 14.5. The molecule has 1 heterocycles. The molecule has 2 aromatic rings. The summed E-state index contributed by atoms with van der Waals surface area (Å²) in [5.74, 6) is 0. The van der Waals surface area contributed by atoms with Crippen molar-refractivity contribution in [2.24, 2.45) is 0 Å². The highest BCUT2D eigenvalue weighted by Gasteiger charge is 2.17. The Morgan fingerprint density at radius 2 is 2.00 bits per heavy atom. The first-order chi connectivity index (χ1) is 10.4. The lowest BCUT2D eigenvalue weighted by Gasteiger charge is -2.11. The fraction of sp³-hybridized carbons (Fsp3) is 0.500. The molecule has 0 saturated heterocycles. The van der Waals surface area contributed by atoms with Gasteiger partial charge in [0.05, 0.1) is 18.3 Å². The third-order valence-electron chi connectivity index (χ3n) is 4.36. The van der Waals surface area contributed by atoms with Gasteiger partial charge in [-0.3, -0.25) is 4.68 Å². The van der Waals surface area contributed by atoms with Crippen LogP contribution in [0.15, 0.2) is 36.5 Å². The van der Waals surface area contributed by atoms with Crippen LogP contribution in [0.4, 0.5) is 5.69 Å². The third-order valence-corrected chi connectivity index (χ3v) is 4.36. The minimum absolute atomic E-state index is 0.631. The van der Waals surface area contributed by atoms with E-state index in [0.717, 1.165) is 18.7 Å². The SMILES string of the molecule is CCCc1ccccc1NCc1ccn(C2CCCC2)n1. The molecule has 0 radical (unpaired) electrons. The van der Waals surface area contributed by atoms with Crippen molar-refractivity contribution < 1.29 is 0 Å². The molecule has 1 fully saturated rings. The Bertz CT molecular complexity index is 567. The second-order valence-electron chi connectivity index (χ2n) is 5.99. The maximum atomic E-state index is 4.74. The quantitative estimate of drug-likeness (QED) is 0.842. The number of hydrogen-bond acceptors (Lipinski definition) is 2. The van der Waals surface area contributed by atoms with Crippen LogP contribution in [-0.2, 0) is 13.0 Å². The van der Waals surface area contributed by atoms with Crippen LogP contribution in [0.25, 0.3) is 0 Å². The van der Waals surface area contributed by atoms with Crippen molar-refractivity contribution in [2.45, 2.75) is 58.0 Å². The molecule has 0 aliphatic heterocycles. The summed E-state index contributed by atoms with van der Waals surface area (Å²) < 4.78 is 2.17. The lowest BCUT2D eigenvalue weighted by atomic mass is 10.1. The Balaban J connectivity index is 1.62. The molecule has 1 N–H and O–H groups in total. The molecule has 1 aromatic heterocycles. The number of benzene rings is 1. The van der Waals surface area contributed by atoms with Crippen LogP contribution in [0.2, 0.25) is 0 Å². The molecule has 112 valence electrons. The van der Waals surface area contributed by atoms with E-state index in [1.807, 2.05) is 0 Å². The molecule has 0 atom stereocenters. The van der Waals surface area contributed by atoms with Crippen molar-refractivity contribution in [3.63, 3.8) is 0 Å². The van der Waals surface area contributed by atoms with Crippen LogP contribution in [0.3, 0.4) is 0 Å². The molecule has 3 heteroatoms. The van der Waals surface area contributed by atoms with Crippen molar-refractivity contribution >= 4 is 5.69 Å². The van der Waals surface area contributed by atoms with Gasteiger partial charge in [0.1, 0.15) is 0 Å². The lowest BCUT2D eigenvalue weighted by Crippen LogP contribution is -2.07. The minimum Gasteiger partial charge on any atom is -0.379 e. The van der Waals surface area contributed by atoms with E-state index < -0.39 is 0 Å². The maximum absolute atomic E-state index is 4.74. The summed E-state index contributed by atoms with van der Waals surface area (Å²) in [7, 11) is 0. The number of aromatic nitrogens is 2. The predicted molar refractivity (Wildman–Crippen MR) is 87.5 cm³/mol. The Labute approximate surface area is 127 Å². The van der Waals surface area contributed by atoms with E-state index in [-0.39, 0.29) is 0 Å². The average molecular weight is 283 g/mol. The molecule has 0 spiro atoms. The van der Waals surface area contributed by atoms with Crippen LogP contribution < -0.4 is 5.32 Å². The van der Waals surface area contributed by atoms with Gasteiger partial charge in [-0.15, -0.1) is 0 Å². The monoisotopic (exact) mass is 283 g/mol. The van der Waals surface area contributed by atoms with E-state index in [2.05, 4.69) is 53.5 Å². The maximum Gasteiger partial charge on any atom is 0.0815 e. The largest absolute Gasteiger partial charge is 0.379 e. The molecule has 1 aliphatic rings. The number of nitrogens with zero attached hydrogens (tertiary/aromatic N) is 2. The molecule has 21 heavy (non-hydrogen) atoms. The fourth-order valence-corrected chi connectivity index (χ4v) is 3.21. The second-order valence-corrected chi connectivity index (χ2v) is 5.99. The van der Waals surface area contributed by atoms with Gasteiger partial charge in [0.25, 0.3) is 0 Å². The predicted octanol–water partition coefficient (Wildman–Crippen LogP) is 4.56. The Hall–Kier alpha value is -1.77. The summed E-state index contributed by atoms with van der Waals surface area (Å²) in [6, 6.07) is 11.4. The number of anilines is 1. The Morgan fingerprint density at radius 3 is 2.81 bits per heavy atom. The van der Waals surface area contributed by atoms with Crippen LogP contribution >= 0.6 is 0 Å². The summed E-state index contributed by atoms with van der Waals surface area (Å²) >= 11 is 0. The Kier molecular flexibility index (Phi) is 4.59. The van der Waals surface area contributed by atoms with Crippen LogP contribution in [0.5, 0.6) is 0 Å². The van der Waals surface area contributed by atoms with Gasteiger partial charge in [0.2, 0.25) is 0 Å². The van der Waals surface area contributed by atoms with Gasteiger partial charge in [-0.2, -0.15) is 5.10 Å². The second kappa shape index (κ2) is 6.79. The molecular formula is C18H25N3. The van der Waals surface area contributed by atoms with Gasteiger partial charge in [-0.05, 0) is 37.0 Å². The summed E-state index contributed by atoms with van der Waals surface area (Å²) in [6.45, 7) is 3.03. The highest BCUT2D eigenvalue weighted by molar-refractivity contribution is 5.51. The molecular weight excluding hydrogens is 258 g/mol. The molecule has 1 aliphatic carbocycles. The molecule has 1 saturated carbocycles. The lowest BCUT2D eigenvalue weighted by molar-refractivity contribution is 0.463. The highest BCUT2D eigenvalue weighted by atomic mass is 15.3. The molecule has 3 rings (SSSR count). The normalized spacial score (nSPS) is 15.5. The number of nitrogens with one attached hydrogen (secondary N) is 1. The molecule has 3 nitrogen and oxygen atoms in total. The smallest absolute Gasteiger partial charge is 0.0815 e. The van der Waals surface area contributed by atoms with Crippen molar-refractivity contribution in [3.05, 3.63) is 47.8 Å². The van der Waals surface area contributed by atoms with Crippen molar-refractivity contribution in [3.8, 4) is 0 Å². The fourth-order valence-electron chi connectivity index (χ4n) is 3.21. The first-order valence-electron chi connectivity index (χ1n) is 8.22. The van der Waals surface area contributed by atoms with Gasteiger partial charge in [0, 0.05) is 11.9 Å². The molecule has 0 amide bonds. The first-order valence-corrected chi connectivity index (χ1v) is 8.22. The van der Waals surface area contributed by atoms with Crippen molar-refractivity contribution in [1.82, 2.24) is 9.78 Å². The van der Waals surface area contributed by atoms with Gasteiger partial charge >= 0.3 is 0 Å². The summed E-state index contributed by atoms with van der Waals surface area (Å²) in [6.07, 6.45) is 9.71. The van der Waals surface area contributed by atoms with E-state index >= 15 is 0 Å². The third kappa shape index (κ3) is 3.46. The number of para-hydroxylation sites is 1. The van der Waals surface area contributed by atoms with Crippen LogP contribution in [-0.4, -0.2) is 9.78 Å². The zero-order valence-corrected chi connectivity index (χ0v) is 12.9. The number of hydrogen-bond donors (Lipinski definition) is 1. The standard InChI is InChI=1S/C18H25N3/c1-2-7-15-8-3-6-11-18(15)19-14-16-12-13-21(20-16)17-9-4-5-10-17/h3,6,8,11-13,17,19H,2,4-5,7,9-10,14H2,1H3. The average Bonchev–Trinajstić information content (AvgIpc) is 3.18. The summed E-state index contributed by atoms with van der Waals surface area (Å²) in [5, 5.41) is 8.28. The van der Waals surface area contributed by atoms with E-state index in [0.29, 0.717) is 6.04 Å². The number of rotatable bonds is 6. The van der Waals surface area contributed by atoms with Crippen LogP contribution in [0, 0.1) is 0 Å². The van der Waals surface area contributed by atoms with Gasteiger partial charge in [-0.1, -0.05) is 44.4 Å². The van der Waals surface area contributed by atoms with E-state index in [1.54, 1.807) is 0 Å². The topological polar surface area (TPSA) is 29.9 Å². The van der Waals surface area contributed by atoms with Crippen molar-refractivity contribution in [2.75, 3.05) is 5.32 Å². The van der Waals surface area contributed by atoms with E-state index in [4.69, 9.17) is 5.10 Å². The molecule has 0 unspecified atom stereocenters.